The molecule has 5 aromatic rings. The maximum absolute atomic E-state index is 14.0. The molecule has 0 aliphatic heterocycles. The zero-order valence-corrected chi connectivity index (χ0v) is 21.4. The normalized spacial score (nSPS) is 14.8. The molecule has 0 atom stereocenters. The molecule has 1 N–H and O–H groups in total. The highest BCUT2D eigenvalue weighted by atomic mass is 32.3. The smallest absolute Gasteiger partial charge is 0.332 e. The third-order valence-electron chi connectivity index (χ3n) is 7.56. The summed E-state index contributed by atoms with van der Waals surface area (Å²) in [5, 5.41) is 11.2. The molecule has 2 aromatic heterocycles. The zero-order chi connectivity index (χ0) is 26.6. The van der Waals surface area contributed by atoms with Crippen LogP contribution in [-0.4, -0.2) is 25.1 Å². The summed E-state index contributed by atoms with van der Waals surface area (Å²) in [5.41, 5.74) is 3.43. The van der Waals surface area contributed by atoms with Crippen LogP contribution in [0.1, 0.15) is 43.7 Å². The quantitative estimate of drug-likeness (QED) is 0.273. The second-order valence-electron chi connectivity index (χ2n) is 9.75. The lowest BCUT2D eigenvalue weighted by Gasteiger charge is -2.27. The highest BCUT2D eigenvalue weighted by molar-refractivity contribution is 7.86. The minimum Gasteiger partial charge on any atom is -0.496 e. The van der Waals surface area contributed by atoms with E-state index < -0.39 is 15.1 Å². The minimum absolute atomic E-state index is 0.136. The highest BCUT2D eigenvalue weighted by Crippen LogP contribution is 2.40. The third kappa shape index (κ3) is 3.84. The van der Waals surface area contributed by atoms with Gasteiger partial charge in [0.25, 0.3) is 0 Å². The standard InChI is InChI=1S/C29H24FN3O4S/c1-37-26-15-23-25(14-22(26)18-6-5-9-20(13-18)38(30,35)36)33(19-7-3-2-4-8-19)29-27(28(23)34)21-11-10-17(16-31)12-24(21)32-29/h5-6,9-15,19,32H,2-4,7-8H2,1H3. The monoisotopic (exact) mass is 529 g/mol. The van der Waals surface area contributed by atoms with Crippen molar-refractivity contribution in [2.75, 3.05) is 7.11 Å². The fourth-order valence-corrected chi connectivity index (χ4v) is 6.31. The first kappa shape index (κ1) is 24.2. The van der Waals surface area contributed by atoms with Gasteiger partial charge in [0.05, 0.1) is 39.9 Å². The molecule has 1 saturated carbocycles. The van der Waals surface area contributed by atoms with Crippen LogP contribution in [-0.2, 0) is 10.2 Å². The highest BCUT2D eigenvalue weighted by Gasteiger charge is 2.25. The van der Waals surface area contributed by atoms with Crippen molar-refractivity contribution in [1.29, 1.82) is 5.26 Å². The van der Waals surface area contributed by atoms with E-state index in [9.17, 15) is 22.4 Å². The van der Waals surface area contributed by atoms with E-state index in [0.717, 1.165) is 37.5 Å². The van der Waals surface area contributed by atoms with Crippen LogP contribution < -0.4 is 10.2 Å². The summed E-state index contributed by atoms with van der Waals surface area (Å²) in [5.74, 6) is 0.379. The van der Waals surface area contributed by atoms with Gasteiger partial charge < -0.3 is 14.3 Å². The van der Waals surface area contributed by atoms with Crippen molar-refractivity contribution in [3.8, 4) is 22.9 Å². The summed E-state index contributed by atoms with van der Waals surface area (Å²) in [6, 6.07) is 16.7. The molecule has 0 amide bonds. The van der Waals surface area contributed by atoms with Crippen molar-refractivity contribution in [2.24, 2.45) is 0 Å². The molecule has 0 unspecified atom stereocenters. The summed E-state index contributed by atoms with van der Waals surface area (Å²) in [6.45, 7) is 0. The summed E-state index contributed by atoms with van der Waals surface area (Å²) < 4.78 is 44.8. The lowest BCUT2D eigenvalue weighted by Crippen LogP contribution is -2.18. The van der Waals surface area contributed by atoms with Crippen LogP contribution in [0.2, 0.25) is 0 Å². The second-order valence-corrected chi connectivity index (χ2v) is 11.1. The SMILES string of the molecule is COc1cc2c(=O)c3c4ccc(C#N)cc4[nH]c3n(C3CCCCC3)c2cc1-c1cccc(S(=O)(=O)F)c1. The number of fused-ring (bicyclic) bond motifs is 4. The van der Waals surface area contributed by atoms with E-state index in [2.05, 4.69) is 15.6 Å². The molecule has 0 spiro atoms. The van der Waals surface area contributed by atoms with Crippen LogP contribution in [0.5, 0.6) is 5.75 Å². The molecule has 0 saturated heterocycles. The van der Waals surface area contributed by atoms with Gasteiger partial charge in [-0.2, -0.15) is 13.7 Å². The Bertz CT molecular complexity index is 1960. The van der Waals surface area contributed by atoms with Crippen molar-refractivity contribution in [1.82, 2.24) is 9.55 Å². The molecule has 7 nitrogen and oxygen atoms in total. The Kier molecular flexibility index (Phi) is 5.73. The Morgan fingerprint density at radius 3 is 2.55 bits per heavy atom. The number of rotatable bonds is 4. The predicted molar refractivity (Wildman–Crippen MR) is 145 cm³/mol. The third-order valence-corrected chi connectivity index (χ3v) is 8.38. The topological polar surface area (TPSA) is 105 Å². The van der Waals surface area contributed by atoms with E-state index in [1.807, 2.05) is 6.07 Å². The average molecular weight is 530 g/mol. The van der Waals surface area contributed by atoms with Gasteiger partial charge in [0.1, 0.15) is 11.4 Å². The summed E-state index contributed by atoms with van der Waals surface area (Å²) in [7, 11) is -3.42. The molecule has 1 aliphatic rings. The molecule has 192 valence electrons. The van der Waals surface area contributed by atoms with Gasteiger partial charge in [-0.3, -0.25) is 4.79 Å². The van der Waals surface area contributed by atoms with Gasteiger partial charge in [-0.15, -0.1) is 3.89 Å². The van der Waals surface area contributed by atoms with Crippen molar-refractivity contribution in [3.05, 3.63) is 70.4 Å². The van der Waals surface area contributed by atoms with Gasteiger partial charge >= 0.3 is 10.2 Å². The van der Waals surface area contributed by atoms with Crippen molar-refractivity contribution >= 4 is 43.1 Å². The van der Waals surface area contributed by atoms with Crippen molar-refractivity contribution in [3.63, 3.8) is 0 Å². The molecule has 6 rings (SSSR count). The number of aromatic nitrogens is 2. The number of hydrogen-bond donors (Lipinski definition) is 1. The van der Waals surface area contributed by atoms with Crippen LogP contribution in [0.15, 0.2) is 64.3 Å². The fraction of sp³-hybridized carbons (Fsp3) is 0.241. The Labute approximate surface area is 218 Å². The first-order chi connectivity index (χ1) is 18.3. The van der Waals surface area contributed by atoms with Crippen LogP contribution >= 0.6 is 0 Å². The summed E-state index contributed by atoms with van der Waals surface area (Å²) in [4.78, 5) is 16.9. The average Bonchev–Trinajstić information content (AvgIpc) is 3.31. The fourth-order valence-electron chi connectivity index (χ4n) is 5.80. The molecular formula is C29H24FN3O4S. The number of nitrogens with zero attached hydrogens (tertiary/aromatic N) is 2. The van der Waals surface area contributed by atoms with Gasteiger partial charge in [0.2, 0.25) is 0 Å². The Morgan fingerprint density at radius 2 is 1.84 bits per heavy atom. The summed E-state index contributed by atoms with van der Waals surface area (Å²) >= 11 is 0. The van der Waals surface area contributed by atoms with E-state index >= 15 is 0 Å². The lowest BCUT2D eigenvalue weighted by atomic mass is 9.93. The maximum Gasteiger partial charge on any atom is 0.332 e. The molecule has 0 radical (unpaired) electrons. The molecule has 9 heteroatoms. The predicted octanol–water partition coefficient (Wildman–Crippen LogP) is 6.35. The second kappa shape index (κ2) is 8.99. The van der Waals surface area contributed by atoms with Gasteiger partial charge in [-0.25, -0.2) is 0 Å². The number of H-pyrrole nitrogens is 1. The Hall–Kier alpha value is -4.16. The lowest BCUT2D eigenvalue weighted by molar-refractivity contribution is 0.365. The molecular weight excluding hydrogens is 505 g/mol. The number of halogens is 1. The number of benzene rings is 3. The van der Waals surface area contributed by atoms with Crippen molar-refractivity contribution < 1.29 is 17.0 Å². The minimum atomic E-state index is -4.90. The Balaban J connectivity index is 1.74. The molecule has 1 aliphatic carbocycles. The molecule has 2 heterocycles. The van der Waals surface area contributed by atoms with Crippen LogP contribution in [0, 0.1) is 11.3 Å². The van der Waals surface area contributed by atoms with Crippen molar-refractivity contribution in [2.45, 2.75) is 43.0 Å². The van der Waals surface area contributed by atoms with Gasteiger partial charge in [-0.05, 0) is 54.8 Å². The van der Waals surface area contributed by atoms with Crippen LogP contribution in [0.3, 0.4) is 0 Å². The number of aromatic amines is 1. The molecule has 1 fully saturated rings. The van der Waals surface area contributed by atoms with Crippen LogP contribution in [0.25, 0.3) is 44.0 Å². The first-order valence-electron chi connectivity index (χ1n) is 12.5. The number of hydrogen-bond acceptors (Lipinski definition) is 5. The first-order valence-corrected chi connectivity index (χ1v) is 13.9. The number of nitrogens with one attached hydrogen (secondary N) is 1. The largest absolute Gasteiger partial charge is 0.496 e. The number of methoxy groups -OCH3 is 1. The Morgan fingerprint density at radius 1 is 1.05 bits per heavy atom. The van der Waals surface area contributed by atoms with Gasteiger partial charge in [0.15, 0.2) is 5.43 Å². The molecule has 0 bridgehead atoms. The van der Waals surface area contributed by atoms with E-state index in [0.29, 0.717) is 49.9 Å². The number of nitriles is 1. The van der Waals surface area contributed by atoms with E-state index in [1.165, 1.54) is 25.3 Å². The number of ether oxygens (including phenoxy) is 1. The van der Waals surface area contributed by atoms with E-state index in [1.54, 1.807) is 30.3 Å². The van der Waals surface area contributed by atoms with Gasteiger partial charge in [-0.1, -0.05) is 37.5 Å². The van der Waals surface area contributed by atoms with Gasteiger partial charge in [0, 0.05) is 22.5 Å². The number of pyridine rings is 1. The van der Waals surface area contributed by atoms with E-state index in [-0.39, 0.29) is 11.5 Å². The molecule has 38 heavy (non-hydrogen) atoms. The van der Waals surface area contributed by atoms with E-state index in [4.69, 9.17) is 4.74 Å². The molecule has 3 aromatic carbocycles. The van der Waals surface area contributed by atoms with Crippen LogP contribution in [0.4, 0.5) is 3.89 Å². The summed E-state index contributed by atoms with van der Waals surface area (Å²) in [6.07, 6.45) is 5.18. The maximum atomic E-state index is 14.0. The zero-order valence-electron chi connectivity index (χ0n) is 20.6.